The summed E-state index contributed by atoms with van der Waals surface area (Å²) in [7, 11) is -3.71. The fourth-order valence-electron chi connectivity index (χ4n) is 2.86. The monoisotopic (exact) mass is 404 g/mol. The van der Waals surface area contributed by atoms with Crippen molar-refractivity contribution in [3.8, 4) is 0 Å². The number of hydrogen-bond donors (Lipinski definition) is 2. The summed E-state index contributed by atoms with van der Waals surface area (Å²) in [5, 5.41) is 8.17. The Morgan fingerprint density at radius 3 is 2.35 bits per heavy atom. The van der Waals surface area contributed by atoms with E-state index in [9.17, 15) is 21.6 Å². The molecule has 4 nitrogen and oxygen atoms in total. The van der Waals surface area contributed by atoms with E-state index in [0.717, 1.165) is 24.1 Å². The maximum absolute atomic E-state index is 12.6. The summed E-state index contributed by atoms with van der Waals surface area (Å²) in [6.45, 7) is 0.562. The quantitative estimate of drug-likeness (QED) is 0.783. The van der Waals surface area contributed by atoms with Crippen LogP contribution in [0.2, 0.25) is 5.02 Å². The topological polar surface area (TPSA) is 72.2 Å². The van der Waals surface area contributed by atoms with Crippen molar-refractivity contribution in [1.29, 1.82) is 0 Å². The van der Waals surface area contributed by atoms with Gasteiger partial charge in [-0.25, -0.2) is 13.6 Å². The van der Waals surface area contributed by atoms with Crippen LogP contribution in [0.4, 0.5) is 18.9 Å². The summed E-state index contributed by atoms with van der Waals surface area (Å²) in [6, 6.07) is 9.62. The first-order valence-electron chi connectivity index (χ1n) is 7.79. The summed E-state index contributed by atoms with van der Waals surface area (Å²) in [5.74, 6) is 0.568. The molecule has 26 heavy (non-hydrogen) atoms. The molecule has 3 N–H and O–H groups in total. The van der Waals surface area contributed by atoms with Gasteiger partial charge in [-0.15, -0.1) is 0 Å². The maximum Gasteiger partial charge on any atom is 0.416 e. The van der Waals surface area contributed by atoms with Gasteiger partial charge in [0.25, 0.3) is 0 Å². The Hall–Kier alpha value is -1.77. The molecule has 1 aliphatic rings. The van der Waals surface area contributed by atoms with E-state index in [1.807, 2.05) is 0 Å². The van der Waals surface area contributed by atoms with Crippen LogP contribution < -0.4 is 10.5 Å². The highest BCUT2D eigenvalue weighted by molar-refractivity contribution is 7.89. The van der Waals surface area contributed by atoms with E-state index in [1.165, 1.54) is 18.2 Å². The Morgan fingerprint density at radius 2 is 1.81 bits per heavy atom. The van der Waals surface area contributed by atoms with Crippen molar-refractivity contribution in [2.75, 3.05) is 11.9 Å². The van der Waals surface area contributed by atoms with Crippen LogP contribution in [0.3, 0.4) is 0 Å². The Bertz CT molecular complexity index is 915. The number of halogens is 4. The van der Waals surface area contributed by atoms with Crippen LogP contribution in [0.15, 0.2) is 47.4 Å². The molecule has 0 bridgehead atoms. The van der Waals surface area contributed by atoms with E-state index >= 15 is 0 Å². The number of sulfonamides is 1. The molecule has 9 heteroatoms. The third-order valence-electron chi connectivity index (χ3n) is 4.41. The first-order valence-corrected chi connectivity index (χ1v) is 9.71. The summed E-state index contributed by atoms with van der Waals surface area (Å²) in [5.41, 5.74) is 0.671. The molecule has 140 valence electrons. The van der Waals surface area contributed by atoms with E-state index in [4.69, 9.17) is 16.7 Å². The van der Waals surface area contributed by atoms with Crippen LogP contribution >= 0.6 is 11.6 Å². The number of primary sulfonamides is 1. The summed E-state index contributed by atoms with van der Waals surface area (Å²) >= 11 is 5.92. The molecule has 0 amide bonds. The van der Waals surface area contributed by atoms with Gasteiger partial charge in [0.15, 0.2) is 0 Å². The predicted molar refractivity (Wildman–Crippen MR) is 93.6 cm³/mol. The molecular formula is C17H16ClF3N2O2S. The smallest absolute Gasteiger partial charge is 0.384 e. The van der Waals surface area contributed by atoms with Crippen molar-refractivity contribution in [2.45, 2.75) is 23.4 Å². The minimum atomic E-state index is -4.42. The van der Waals surface area contributed by atoms with Crippen molar-refractivity contribution < 1.29 is 21.6 Å². The lowest BCUT2D eigenvalue weighted by molar-refractivity contribution is -0.137. The Morgan fingerprint density at radius 1 is 1.15 bits per heavy atom. The molecule has 3 rings (SSSR count). The zero-order chi connectivity index (χ0) is 19.1. The van der Waals surface area contributed by atoms with Gasteiger partial charge in [-0.05, 0) is 54.2 Å². The molecule has 1 saturated carbocycles. The highest BCUT2D eigenvalue weighted by Gasteiger charge is 2.38. The number of alkyl halides is 3. The normalized spacial score (nSPS) is 20.0. The molecule has 2 atom stereocenters. The largest absolute Gasteiger partial charge is 0.416 e. The molecule has 1 fully saturated rings. The number of nitrogens with two attached hydrogens (primary N) is 1. The van der Waals surface area contributed by atoms with Crippen molar-refractivity contribution in [3.63, 3.8) is 0 Å². The molecule has 2 aromatic rings. The zero-order valence-corrected chi connectivity index (χ0v) is 15.0. The second-order valence-electron chi connectivity index (χ2n) is 6.29. The highest BCUT2D eigenvalue weighted by atomic mass is 35.5. The second-order valence-corrected chi connectivity index (χ2v) is 8.26. The predicted octanol–water partition coefficient (Wildman–Crippen LogP) is 4.22. The lowest BCUT2D eigenvalue weighted by Gasteiger charge is -2.12. The average molecular weight is 405 g/mol. The third-order valence-corrected chi connectivity index (χ3v) is 5.65. The van der Waals surface area contributed by atoms with Crippen molar-refractivity contribution in [1.82, 2.24) is 0 Å². The van der Waals surface area contributed by atoms with E-state index < -0.39 is 21.8 Å². The van der Waals surface area contributed by atoms with Gasteiger partial charge in [0.05, 0.1) is 21.2 Å². The van der Waals surface area contributed by atoms with E-state index in [0.29, 0.717) is 18.2 Å². The molecule has 0 heterocycles. The number of rotatable bonds is 5. The summed E-state index contributed by atoms with van der Waals surface area (Å²) < 4.78 is 60.4. The molecule has 2 unspecified atom stereocenters. The SMILES string of the molecule is NS(=O)(=O)c1ccc(C2CC2CNc2ccc(C(F)(F)F)cc2Cl)cc1. The van der Waals surface area contributed by atoms with Gasteiger partial charge in [-0.3, -0.25) is 0 Å². The molecule has 1 aliphatic carbocycles. The van der Waals surface area contributed by atoms with Crippen LogP contribution in [-0.4, -0.2) is 15.0 Å². The van der Waals surface area contributed by atoms with Crippen molar-refractivity contribution in [2.24, 2.45) is 11.1 Å². The summed E-state index contributed by atoms with van der Waals surface area (Å²) in [6.07, 6.45) is -3.52. The van der Waals surface area contributed by atoms with Gasteiger partial charge in [0, 0.05) is 6.54 Å². The minimum absolute atomic E-state index is 0.0227. The van der Waals surface area contributed by atoms with E-state index in [-0.39, 0.29) is 15.8 Å². The van der Waals surface area contributed by atoms with Gasteiger partial charge in [-0.1, -0.05) is 23.7 Å². The fourth-order valence-corrected chi connectivity index (χ4v) is 3.62. The number of benzene rings is 2. The second kappa shape index (κ2) is 6.75. The Balaban J connectivity index is 1.59. The average Bonchev–Trinajstić information content (AvgIpc) is 3.32. The maximum atomic E-state index is 12.6. The number of anilines is 1. The first-order chi connectivity index (χ1) is 12.1. The highest BCUT2D eigenvalue weighted by Crippen LogP contribution is 2.47. The molecule has 0 saturated heterocycles. The standard InChI is InChI=1S/C17H16ClF3N2O2S/c18-15-8-12(17(19,20)21)3-6-16(15)23-9-11-7-14(11)10-1-4-13(5-2-10)26(22,24)25/h1-6,8,11,14,23H,7,9H2,(H2,22,24,25). The van der Waals surface area contributed by atoms with Crippen molar-refractivity contribution >= 4 is 27.3 Å². The van der Waals surface area contributed by atoms with Crippen molar-refractivity contribution in [3.05, 3.63) is 58.6 Å². The lowest BCUT2D eigenvalue weighted by atomic mass is 10.1. The number of hydrogen-bond acceptors (Lipinski definition) is 3. The molecular weight excluding hydrogens is 389 g/mol. The van der Waals surface area contributed by atoms with Gasteiger partial charge in [0.2, 0.25) is 10.0 Å². The molecule has 0 aliphatic heterocycles. The molecule has 0 aromatic heterocycles. The fraction of sp³-hybridized carbons (Fsp3) is 0.294. The zero-order valence-electron chi connectivity index (χ0n) is 13.4. The van der Waals surface area contributed by atoms with Crippen LogP contribution in [0.1, 0.15) is 23.5 Å². The third kappa shape index (κ3) is 4.31. The van der Waals surface area contributed by atoms with Crippen LogP contribution in [0, 0.1) is 5.92 Å². The van der Waals surface area contributed by atoms with Crippen LogP contribution in [0.5, 0.6) is 0 Å². The summed E-state index contributed by atoms with van der Waals surface area (Å²) in [4.78, 5) is 0.0631. The Kier molecular flexibility index (Phi) is 4.94. The Labute approximate surface area is 154 Å². The lowest BCUT2D eigenvalue weighted by Crippen LogP contribution is -2.12. The van der Waals surface area contributed by atoms with Gasteiger partial charge in [0.1, 0.15) is 0 Å². The van der Waals surface area contributed by atoms with Crippen LogP contribution in [-0.2, 0) is 16.2 Å². The minimum Gasteiger partial charge on any atom is -0.384 e. The van der Waals surface area contributed by atoms with E-state index in [1.54, 1.807) is 12.1 Å². The molecule has 2 aromatic carbocycles. The van der Waals surface area contributed by atoms with Gasteiger partial charge in [-0.2, -0.15) is 13.2 Å². The first kappa shape index (κ1) is 19.0. The molecule has 0 radical (unpaired) electrons. The van der Waals surface area contributed by atoms with Gasteiger partial charge < -0.3 is 5.32 Å². The number of nitrogens with one attached hydrogen (secondary N) is 1. The van der Waals surface area contributed by atoms with Gasteiger partial charge >= 0.3 is 6.18 Å². The van der Waals surface area contributed by atoms with E-state index in [2.05, 4.69) is 5.32 Å². The molecule has 0 spiro atoms. The van der Waals surface area contributed by atoms with Crippen LogP contribution in [0.25, 0.3) is 0 Å².